The van der Waals surface area contributed by atoms with Gasteiger partial charge in [-0.25, -0.2) is 0 Å². The first-order valence-corrected chi connectivity index (χ1v) is 11.4. The average Bonchev–Trinajstić information content (AvgIpc) is 3.12. The molecule has 3 heteroatoms. The summed E-state index contributed by atoms with van der Waals surface area (Å²) in [6.45, 7) is 14.0. The largest absolute Gasteiger partial charge is 0.385 e. The minimum absolute atomic E-state index is 1.06. The van der Waals surface area contributed by atoms with E-state index in [2.05, 4.69) is 75.3 Å². The third-order valence-corrected chi connectivity index (χ3v) is 5.08. The van der Waals surface area contributed by atoms with E-state index < -0.39 is 0 Å². The van der Waals surface area contributed by atoms with Crippen molar-refractivity contribution in [3.8, 4) is 0 Å². The van der Waals surface area contributed by atoms with Crippen LogP contribution in [0.1, 0.15) is 94.3 Å². The first-order chi connectivity index (χ1) is 13.6. The number of unbranched alkanes of at least 4 members (excludes halogenated alkanes) is 1. The molecule has 0 saturated carbocycles. The Labute approximate surface area is 173 Å². The first kappa shape index (κ1) is 24.3. The number of aromatic nitrogens is 2. The van der Waals surface area contributed by atoms with Crippen molar-refractivity contribution in [2.24, 2.45) is 0 Å². The van der Waals surface area contributed by atoms with Crippen LogP contribution in [0.3, 0.4) is 0 Å². The summed E-state index contributed by atoms with van der Waals surface area (Å²) in [6.07, 6.45) is 11.3. The Balaban J connectivity index is 0.000000247. The summed E-state index contributed by atoms with van der Waals surface area (Å²) in [4.78, 5) is 0. The molecule has 0 bridgehead atoms. The molecule has 1 aromatic heterocycles. The van der Waals surface area contributed by atoms with E-state index in [1.54, 1.807) is 5.56 Å². The van der Waals surface area contributed by atoms with Gasteiger partial charge in [-0.3, -0.25) is 5.10 Å². The van der Waals surface area contributed by atoms with Gasteiger partial charge in [0.05, 0.1) is 5.69 Å². The van der Waals surface area contributed by atoms with Crippen molar-refractivity contribution in [1.29, 1.82) is 0 Å². The van der Waals surface area contributed by atoms with Crippen LogP contribution in [0, 0.1) is 13.8 Å². The lowest BCUT2D eigenvalue weighted by Gasteiger charge is -2.10. The number of nitrogens with zero attached hydrogens (tertiary/aromatic N) is 1. The minimum atomic E-state index is 1.06. The van der Waals surface area contributed by atoms with Gasteiger partial charge in [-0.05, 0) is 81.5 Å². The Morgan fingerprint density at radius 3 is 2.39 bits per heavy atom. The number of nitrogens with one attached hydrogen (secondary N) is 2. The number of anilines is 1. The summed E-state index contributed by atoms with van der Waals surface area (Å²) in [5.74, 6) is 0. The van der Waals surface area contributed by atoms with Crippen LogP contribution in [-0.2, 0) is 19.3 Å². The van der Waals surface area contributed by atoms with E-state index in [-0.39, 0.29) is 0 Å². The molecule has 1 aromatic carbocycles. The Hall–Kier alpha value is -1.77. The number of aryl methyl sites for hydroxylation is 3. The van der Waals surface area contributed by atoms with Crippen molar-refractivity contribution in [3.05, 3.63) is 46.3 Å². The fourth-order valence-corrected chi connectivity index (χ4v) is 3.30. The van der Waals surface area contributed by atoms with Crippen LogP contribution in [-0.4, -0.2) is 16.7 Å². The molecule has 0 radical (unpaired) electrons. The maximum Gasteiger partial charge on any atom is 0.0656 e. The molecule has 0 fully saturated rings. The summed E-state index contributed by atoms with van der Waals surface area (Å²) >= 11 is 0. The lowest BCUT2D eigenvalue weighted by molar-refractivity contribution is 0.669. The van der Waals surface area contributed by atoms with Crippen molar-refractivity contribution in [3.63, 3.8) is 0 Å². The quantitative estimate of drug-likeness (QED) is 0.553. The molecule has 2 aromatic rings. The SMILES string of the molecule is CCC.CCCCc1n[nH]c2c1CCCC2.CCCNc1cccc(C)c1C. The van der Waals surface area contributed by atoms with Gasteiger partial charge in [-0.15, -0.1) is 0 Å². The fourth-order valence-electron chi connectivity index (χ4n) is 3.30. The van der Waals surface area contributed by atoms with Crippen LogP contribution < -0.4 is 5.32 Å². The Kier molecular flexibility index (Phi) is 12.4. The number of hydrogen-bond acceptors (Lipinski definition) is 2. The summed E-state index contributed by atoms with van der Waals surface area (Å²) in [7, 11) is 0. The van der Waals surface area contributed by atoms with Crippen LogP contribution in [0.25, 0.3) is 0 Å². The molecule has 2 N–H and O–H groups in total. The Morgan fingerprint density at radius 1 is 1.00 bits per heavy atom. The molecule has 0 saturated heterocycles. The average molecular weight is 386 g/mol. The highest BCUT2D eigenvalue weighted by atomic mass is 15.1. The van der Waals surface area contributed by atoms with Crippen molar-refractivity contribution < 1.29 is 0 Å². The summed E-state index contributed by atoms with van der Waals surface area (Å²) < 4.78 is 0. The molecule has 28 heavy (non-hydrogen) atoms. The fraction of sp³-hybridized carbons (Fsp3) is 0.640. The van der Waals surface area contributed by atoms with Gasteiger partial charge in [0, 0.05) is 17.9 Å². The molecule has 0 amide bonds. The second-order valence-corrected chi connectivity index (χ2v) is 7.82. The minimum Gasteiger partial charge on any atom is -0.385 e. The van der Waals surface area contributed by atoms with E-state index in [0.717, 1.165) is 6.54 Å². The topological polar surface area (TPSA) is 40.7 Å². The number of benzene rings is 1. The highest BCUT2D eigenvalue weighted by Gasteiger charge is 2.15. The van der Waals surface area contributed by atoms with Crippen molar-refractivity contribution >= 4 is 5.69 Å². The Morgan fingerprint density at radius 2 is 1.71 bits per heavy atom. The van der Waals surface area contributed by atoms with Gasteiger partial charge in [-0.1, -0.05) is 52.7 Å². The standard InChI is InChI=1S/C11H18N2.C11H17N.C3H8/c1-2-3-7-10-9-6-4-5-8-11(9)13-12-10;1-4-8-12-11-7-5-6-9(2)10(11)3;1-3-2/h2-8H2,1H3,(H,12,13);5-7,12H,4,8H2,1-3H3;3H2,1-2H3. The van der Waals surface area contributed by atoms with E-state index in [0.29, 0.717) is 0 Å². The zero-order valence-corrected chi connectivity index (χ0v) is 19.3. The normalized spacial score (nSPS) is 12.2. The molecule has 1 heterocycles. The number of H-pyrrole nitrogens is 1. The second-order valence-electron chi connectivity index (χ2n) is 7.82. The third-order valence-electron chi connectivity index (χ3n) is 5.08. The van der Waals surface area contributed by atoms with Gasteiger partial charge in [0.2, 0.25) is 0 Å². The molecular weight excluding hydrogens is 342 g/mol. The zero-order valence-electron chi connectivity index (χ0n) is 19.3. The van der Waals surface area contributed by atoms with Crippen LogP contribution in [0.15, 0.2) is 18.2 Å². The van der Waals surface area contributed by atoms with Gasteiger partial charge < -0.3 is 5.32 Å². The number of rotatable bonds is 6. The Bertz CT molecular complexity index is 658. The highest BCUT2D eigenvalue weighted by molar-refractivity contribution is 5.53. The molecule has 0 spiro atoms. The molecule has 3 nitrogen and oxygen atoms in total. The van der Waals surface area contributed by atoms with Gasteiger partial charge in [-0.2, -0.15) is 5.10 Å². The van der Waals surface area contributed by atoms with Crippen LogP contribution >= 0.6 is 0 Å². The zero-order chi connectivity index (χ0) is 20.8. The summed E-state index contributed by atoms with van der Waals surface area (Å²) in [5, 5.41) is 11.0. The van der Waals surface area contributed by atoms with E-state index in [9.17, 15) is 0 Å². The highest BCUT2D eigenvalue weighted by Crippen LogP contribution is 2.23. The first-order valence-electron chi connectivity index (χ1n) is 11.4. The van der Waals surface area contributed by atoms with Gasteiger partial charge >= 0.3 is 0 Å². The molecule has 0 atom stereocenters. The predicted octanol–water partition coefficient (Wildman–Crippen LogP) is 7.17. The van der Waals surface area contributed by atoms with Crippen LogP contribution in [0.5, 0.6) is 0 Å². The maximum absolute atomic E-state index is 4.41. The lowest BCUT2D eigenvalue weighted by atomic mass is 9.94. The lowest BCUT2D eigenvalue weighted by Crippen LogP contribution is -2.02. The second kappa shape index (κ2) is 14.3. The van der Waals surface area contributed by atoms with E-state index in [1.807, 2.05) is 0 Å². The monoisotopic (exact) mass is 385 g/mol. The van der Waals surface area contributed by atoms with E-state index in [1.165, 1.54) is 86.0 Å². The molecule has 158 valence electrons. The van der Waals surface area contributed by atoms with E-state index in [4.69, 9.17) is 0 Å². The molecule has 1 aliphatic carbocycles. The number of hydrogen-bond donors (Lipinski definition) is 2. The van der Waals surface area contributed by atoms with E-state index >= 15 is 0 Å². The van der Waals surface area contributed by atoms with Gasteiger partial charge in [0.15, 0.2) is 0 Å². The van der Waals surface area contributed by atoms with Gasteiger partial charge in [0.1, 0.15) is 0 Å². The van der Waals surface area contributed by atoms with Crippen molar-refractivity contribution in [1.82, 2.24) is 10.2 Å². The maximum atomic E-state index is 4.41. The van der Waals surface area contributed by atoms with Crippen LogP contribution in [0.2, 0.25) is 0 Å². The molecule has 0 unspecified atom stereocenters. The number of aromatic amines is 1. The summed E-state index contributed by atoms with van der Waals surface area (Å²) in [6, 6.07) is 6.38. The number of fused-ring (bicyclic) bond motifs is 1. The van der Waals surface area contributed by atoms with Crippen molar-refractivity contribution in [2.45, 2.75) is 99.3 Å². The summed E-state index contributed by atoms with van der Waals surface area (Å²) in [5.41, 5.74) is 8.30. The molecule has 0 aliphatic heterocycles. The van der Waals surface area contributed by atoms with Crippen molar-refractivity contribution in [2.75, 3.05) is 11.9 Å². The molecule has 3 rings (SSSR count). The molecule has 1 aliphatic rings. The predicted molar refractivity (Wildman–Crippen MR) is 125 cm³/mol. The van der Waals surface area contributed by atoms with Gasteiger partial charge in [0.25, 0.3) is 0 Å². The molecular formula is C25H43N3. The smallest absolute Gasteiger partial charge is 0.0656 e. The van der Waals surface area contributed by atoms with Crippen LogP contribution in [0.4, 0.5) is 5.69 Å². The third kappa shape index (κ3) is 8.08.